The average molecular weight is 360 g/mol. The Hall–Kier alpha value is -0.0900. The molecule has 1 unspecified atom stereocenters. The van der Waals surface area contributed by atoms with E-state index in [1.165, 1.54) is 44.1 Å². The average Bonchev–Trinajstić information content (AvgIpc) is 2.46. The lowest BCUT2D eigenvalue weighted by Crippen LogP contribution is -2.37. The zero-order valence-electron chi connectivity index (χ0n) is 11.9. The maximum atomic E-state index is 6.28. The summed E-state index contributed by atoms with van der Waals surface area (Å²) in [5, 5.41) is 0.817. The van der Waals surface area contributed by atoms with Crippen LogP contribution in [0.25, 0.3) is 0 Å². The van der Waals surface area contributed by atoms with Crippen LogP contribution in [-0.2, 0) is 6.42 Å². The minimum Gasteiger partial charge on any atom is -0.271 e. The van der Waals surface area contributed by atoms with Gasteiger partial charge >= 0.3 is 0 Å². The van der Waals surface area contributed by atoms with Crippen molar-refractivity contribution in [2.75, 3.05) is 0 Å². The predicted molar refractivity (Wildman–Crippen MR) is 89.8 cm³/mol. The van der Waals surface area contributed by atoms with Gasteiger partial charge in [-0.25, -0.2) is 0 Å². The van der Waals surface area contributed by atoms with Gasteiger partial charge in [-0.15, -0.1) is 0 Å². The van der Waals surface area contributed by atoms with Crippen LogP contribution in [0.4, 0.5) is 0 Å². The topological polar surface area (TPSA) is 38.0 Å². The zero-order chi connectivity index (χ0) is 14.4. The molecule has 2 rings (SSSR count). The summed E-state index contributed by atoms with van der Waals surface area (Å²) in [6.07, 6.45) is 10.3. The molecule has 0 spiro atoms. The van der Waals surface area contributed by atoms with E-state index in [1.807, 2.05) is 12.1 Å². The molecule has 0 saturated heterocycles. The first kappa shape index (κ1) is 16.3. The van der Waals surface area contributed by atoms with Crippen LogP contribution >= 0.6 is 27.5 Å². The van der Waals surface area contributed by atoms with Gasteiger partial charge in [0, 0.05) is 15.5 Å². The Balaban J connectivity index is 1.84. The molecular formula is C16H24BrClN2. The summed E-state index contributed by atoms with van der Waals surface area (Å²) in [5.41, 5.74) is 4.13. The lowest BCUT2D eigenvalue weighted by atomic mass is 9.84. The van der Waals surface area contributed by atoms with Gasteiger partial charge in [0.05, 0.1) is 0 Å². The minimum atomic E-state index is 0.315. The largest absolute Gasteiger partial charge is 0.271 e. The molecule has 2 nitrogen and oxygen atoms in total. The Morgan fingerprint density at radius 1 is 1.30 bits per heavy atom. The molecule has 1 atom stereocenters. The van der Waals surface area contributed by atoms with E-state index in [9.17, 15) is 0 Å². The zero-order valence-corrected chi connectivity index (χ0v) is 14.2. The van der Waals surface area contributed by atoms with E-state index in [0.717, 1.165) is 28.3 Å². The molecule has 1 saturated carbocycles. The fourth-order valence-corrected chi connectivity index (χ4v) is 3.86. The van der Waals surface area contributed by atoms with Crippen LogP contribution in [0.1, 0.15) is 50.5 Å². The molecule has 0 radical (unpaired) electrons. The molecule has 1 aliphatic rings. The molecule has 0 amide bonds. The van der Waals surface area contributed by atoms with Crippen molar-refractivity contribution in [1.29, 1.82) is 0 Å². The maximum Gasteiger partial charge on any atom is 0.0449 e. The molecule has 1 aromatic carbocycles. The molecule has 1 aliphatic carbocycles. The van der Waals surface area contributed by atoms with Crippen LogP contribution in [0.15, 0.2) is 22.7 Å². The molecule has 0 aromatic heterocycles. The van der Waals surface area contributed by atoms with Crippen LogP contribution in [0.2, 0.25) is 5.02 Å². The van der Waals surface area contributed by atoms with Crippen molar-refractivity contribution in [3.8, 4) is 0 Å². The van der Waals surface area contributed by atoms with Gasteiger partial charge in [0.1, 0.15) is 0 Å². The van der Waals surface area contributed by atoms with E-state index >= 15 is 0 Å². The first-order valence-corrected chi connectivity index (χ1v) is 8.76. The van der Waals surface area contributed by atoms with Crippen molar-refractivity contribution in [3.63, 3.8) is 0 Å². The minimum absolute atomic E-state index is 0.315. The summed E-state index contributed by atoms with van der Waals surface area (Å²) in [6, 6.07) is 6.38. The van der Waals surface area contributed by atoms with Gasteiger partial charge in [-0.2, -0.15) is 0 Å². The van der Waals surface area contributed by atoms with Gasteiger partial charge in [0.2, 0.25) is 0 Å². The fraction of sp³-hybridized carbons (Fsp3) is 0.625. The van der Waals surface area contributed by atoms with Crippen molar-refractivity contribution >= 4 is 27.5 Å². The van der Waals surface area contributed by atoms with Crippen LogP contribution in [0, 0.1) is 5.92 Å². The van der Waals surface area contributed by atoms with E-state index in [-0.39, 0.29) is 0 Å². The van der Waals surface area contributed by atoms with Crippen molar-refractivity contribution in [1.82, 2.24) is 5.43 Å². The number of benzene rings is 1. The second-order valence-electron chi connectivity index (χ2n) is 5.88. The van der Waals surface area contributed by atoms with Crippen LogP contribution < -0.4 is 11.3 Å². The lowest BCUT2D eigenvalue weighted by Gasteiger charge is -2.24. The van der Waals surface area contributed by atoms with E-state index < -0.39 is 0 Å². The van der Waals surface area contributed by atoms with Crippen molar-refractivity contribution in [2.24, 2.45) is 11.8 Å². The molecule has 0 bridgehead atoms. The Morgan fingerprint density at radius 2 is 2.05 bits per heavy atom. The van der Waals surface area contributed by atoms with Crippen LogP contribution in [0.5, 0.6) is 0 Å². The van der Waals surface area contributed by atoms with E-state index in [4.69, 9.17) is 17.4 Å². The first-order chi connectivity index (χ1) is 9.69. The van der Waals surface area contributed by atoms with E-state index in [2.05, 4.69) is 27.4 Å². The standard InChI is InChI=1S/C16H24BrClN2/c17-14-8-7-13(16(18)11-14)10-15(20-19)9-6-12-4-2-1-3-5-12/h7-8,11-12,15,20H,1-6,9-10,19H2. The van der Waals surface area contributed by atoms with Crippen LogP contribution in [0.3, 0.4) is 0 Å². The normalized spacial score (nSPS) is 18.1. The number of rotatable bonds is 6. The smallest absolute Gasteiger partial charge is 0.0449 e. The van der Waals surface area contributed by atoms with Gasteiger partial charge in [0.25, 0.3) is 0 Å². The number of hydrogen-bond acceptors (Lipinski definition) is 2. The quantitative estimate of drug-likeness (QED) is 0.563. The van der Waals surface area contributed by atoms with Gasteiger partial charge in [-0.1, -0.05) is 65.7 Å². The van der Waals surface area contributed by atoms with Gasteiger partial charge in [-0.3, -0.25) is 11.3 Å². The Morgan fingerprint density at radius 3 is 2.70 bits per heavy atom. The molecule has 4 heteroatoms. The Bertz CT molecular complexity index is 419. The highest BCUT2D eigenvalue weighted by Gasteiger charge is 2.16. The third kappa shape index (κ3) is 5.03. The lowest BCUT2D eigenvalue weighted by molar-refractivity contribution is 0.313. The van der Waals surface area contributed by atoms with Crippen LogP contribution in [-0.4, -0.2) is 6.04 Å². The molecule has 20 heavy (non-hydrogen) atoms. The molecular weight excluding hydrogens is 336 g/mol. The fourth-order valence-electron chi connectivity index (χ4n) is 3.11. The Labute approximate surface area is 135 Å². The second kappa shape index (κ2) is 8.38. The number of halogens is 2. The van der Waals surface area contributed by atoms with Crippen molar-refractivity contribution in [3.05, 3.63) is 33.3 Å². The Kier molecular flexibility index (Phi) is 6.82. The predicted octanol–water partition coefficient (Wildman–Crippen LogP) is 4.84. The number of nitrogens with one attached hydrogen (secondary N) is 1. The molecule has 0 heterocycles. The third-order valence-corrected chi connectivity index (χ3v) is 5.21. The maximum absolute atomic E-state index is 6.28. The van der Waals surface area contributed by atoms with Gasteiger partial charge < -0.3 is 0 Å². The van der Waals surface area contributed by atoms with Crippen molar-refractivity contribution < 1.29 is 0 Å². The summed E-state index contributed by atoms with van der Waals surface area (Å²) in [5.74, 6) is 6.62. The molecule has 0 aliphatic heterocycles. The molecule has 112 valence electrons. The van der Waals surface area contributed by atoms with Gasteiger partial charge in [-0.05, 0) is 42.9 Å². The summed E-state index contributed by atoms with van der Waals surface area (Å²) < 4.78 is 1.02. The number of hydrogen-bond donors (Lipinski definition) is 2. The molecule has 1 aromatic rings. The highest BCUT2D eigenvalue weighted by atomic mass is 79.9. The highest BCUT2D eigenvalue weighted by molar-refractivity contribution is 9.10. The monoisotopic (exact) mass is 358 g/mol. The summed E-state index contributed by atoms with van der Waals surface area (Å²) >= 11 is 9.72. The van der Waals surface area contributed by atoms with Gasteiger partial charge in [0.15, 0.2) is 0 Å². The summed E-state index contributed by atoms with van der Waals surface area (Å²) in [4.78, 5) is 0. The highest BCUT2D eigenvalue weighted by Crippen LogP contribution is 2.29. The van der Waals surface area contributed by atoms with E-state index in [0.29, 0.717) is 6.04 Å². The number of nitrogens with two attached hydrogens (primary N) is 1. The summed E-state index contributed by atoms with van der Waals surface area (Å²) in [7, 11) is 0. The third-order valence-electron chi connectivity index (χ3n) is 4.37. The van der Waals surface area contributed by atoms with E-state index in [1.54, 1.807) is 0 Å². The second-order valence-corrected chi connectivity index (χ2v) is 7.21. The summed E-state index contributed by atoms with van der Waals surface area (Å²) in [6.45, 7) is 0. The first-order valence-electron chi connectivity index (χ1n) is 7.59. The SMILES string of the molecule is NNC(CCC1CCCCC1)Cc1ccc(Br)cc1Cl. The van der Waals surface area contributed by atoms with Crippen molar-refractivity contribution in [2.45, 2.75) is 57.4 Å². The molecule has 3 N–H and O–H groups in total. The number of hydrazine groups is 1. The molecule has 1 fully saturated rings.